The monoisotopic (exact) mass is 257 g/mol. The van der Waals surface area contributed by atoms with E-state index in [0.717, 1.165) is 17.9 Å². The molecule has 1 rings (SSSR count). The molecule has 0 saturated heterocycles. The van der Waals surface area contributed by atoms with Gasteiger partial charge >= 0.3 is 0 Å². The molecular formula is C15H31NS. The molecule has 102 valence electrons. The first kappa shape index (κ1) is 15.4. The topological polar surface area (TPSA) is 12.0 Å². The molecule has 1 N–H and O–H groups in total. The maximum atomic E-state index is 3.79. The van der Waals surface area contributed by atoms with Crippen LogP contribution in [0.15, 0.2) is 0 Å². The van der Waals surface area contributed by atoms with Gasteiger partial charge in [0.1, 0.15) is 0 Å². The van der Waals surface area contributed by atoms with Crippen molar-refractivity contribution in [3.05, 3.63) is 0 Å². The Labute approximate surface area is 113 Å². The summed E-state index contributed by atoms with van der Waals surface area (Å²) in [6.45, 7) is 8.16. The summed E-state index contributed by atoms with van der Waals surface area (Å²) in [7, 11) is 0. The third-order valence-corrected chi connectivity index (χ3v) is 5.22. The Balaban J connectivity index is 2.32. The molecule has 1 atom stereocenters. The van der Waals surface area contributed by atoms with E-state index in [1.807, 2.05) is 0 Å². The molecule has 1 aliphatic carbocycles. The minimum Gasteiger partial charge on any atom is -0.313 e. The Hall–Kier alpha value is 0.310. The van der Waals surface area contributed by atoms with E-state index in [1.54, 1.807) is 0 Å². The van der Waals surface area contributed by atoms with Crippen LogP contribution in [-0.4, -0.2) is 24.1 Å². The van der Waals surface area contributed by atoms with Crippen LogP contribution in [0, 0.1) is 11.8 Å². The fraction of sp³-hybridized carbons (Fsp3) is 1.00. The smallest absolute Gasteiger partial charge is 0.0186 e. The van der Waals surface area contributed by atoms with E-state index in [9.17, 15) is 0 Å². The molecule has 1 saturated carbocycles. The fourth-order valence-electron chi connectivity index (χ4n) is 2.73. The van der Waals surface area contributed by atoms with Crippen molar-refractivity contribution in [3.8, 4) is 0 Å². The molecule has 1 unspecified atom stereocenters. The standard InChI is InChI=1S/C15H31NS/c1-4-10-16-15(12-17-11-5-2)14-8-6-13(3)7-9-14/h13-16H,4-12H2,1-3H3. The van der Waals surface area contributed by atoms with Crippen molar-refractivity contribution in [1.82, 2.24) is 5.32 Å². The molecule has 1 aliphatic rings. The van der Waals surface area contributed by atoms with Gasteiger partial charge in [0.05, 0.1) is 0 Å². The van der Waals surface area contributed by atoms with Gasteiger partial charge in [0.2, 0.25) is 0 Å². The quantitative estimate of drug-likeness (QED) is 0.650. The summed E-state index contributed by atoms with van der Waals surface area (Å²) in [6.07, 6.45) is 8.39. The predicted octanol–water partition coefficient (Wildman–Crippen LogP) is 4.32. The first-order chi connectivity index (χ1) is 8.27. The molecule has 0 spiro atoms. The van der Waals surface area contributed by atoms with Crippen LogP contribution in [0.4, 0.5) is 0 Å². The molecule has 0 bridgehead atoms. The molecule has 0 aromatic carbocycles. The molecule has 1 nitrogen and oxygen atoms in total. The van der Waals surface area contributed by atoms with Gasteiger partial charge in [0.25, 0.3) is 0 Å². The second-order valence-electron chi connectivity index (χ2n) is 5.66. The van der Waals surface area contributed by atoms with Crippen LogP contribution in [0.2, 0.25) is 0 Å². The van der Waals surface area contributed by atoms with Crippen LogP contribution < -0.4 is 5.32 Å². The predicted molar refractivity (Wildman–Crippen MR) is 80.8 cm³/mol. The summed E-state index contributed by atoms with van der Waals surface area (Å²) in [5.74, 6) is 4.57. The van der Waals surface area contributed by atoms with Crippen molar-refractivity contribution in [1.29, 1.82) is 0 Å². The van der Waals surface area contributed by atoms with E-state index < -0.39 is 0 Å². The zero-order valence-corrected chi connectivity index (χ0v) is 12.8. The lowest BCUT2D eigenvalue weighted by Gasteiger charge is -2.33. The van der Waals surface area contributed by atoms with Crippen molar-refractivity contribution in [3.63, 3.8) is 0 Å². The lowest BCUT2D eigenvalue weighted by atomic mass is 9.79. The molecule has 0 aliphatic heterocycles. The second-order valence-corrected chi connectivity index (χ2v) is 6.81. The second kappa shape index (κ2) is 9.27. The Morgan fingerprint density at radius 3 is 2.41 bits per heavy atom. The van der Waals surface area contributed by atoms with Crippen LogP contribution in [0.1, 0.15) is 59.3 Å². The van der Waals surface area contributed by atoms with Gasteiger partial charge in [0.15, 0.2) is 0 Å². The third kappa shape index (κ3) is 6.15. The van der Waals surface area contributed by atoms with Gasteiger partial charge in [-0.05, 0) is 49.8 Å². The molecule has 0 aromatic rings. The van der Waals surface area contributed by atoms with E-state index in [0.29, 0.717) is 0 Å². The Morgan fingerprint density at radius 1 is 1.12 bits per heavy atom. The number of rotatable bonds is 8. The van der Waals surface area contributed by atoms with E-state index in [2.05, 4.69) is 37.8 Å². The van der Waals surface area contributed by atoms with Gasteiger partial charge in [-0.3, -0.25) is 0 Å². The molecule has 0 radical (unpaired) electrons. The largest absolute Gasteiger partial charge is 0.313 e. The number of nitrogens with one attached hydrogen (secondary N) is 1. The molecule has 0 heterocycles. The minimum absolute atomic E-state index is 0.777. The van der Waals surface area contributed by atoms with Gasteiger partial charge in [-0.15, -0.1) is 0 Å². The van der Waals surface area contributed by atoms with E-state index in [1.165, 1.54) is 56.6 Å². The summed E-state index contributed by atoms with van der Waals surface area (Å²) in [6, 6.07) is 0.777. The van der Waals surface area contributed by atoms with E-state index in [4.69, 9.17) is 0 Å². The Morgan fingerprint density at radius 2 is 1.82 bits per heavy atom. The molecule has 17 heavy (non-hydrogen) atoms. The van der Waals surface area contributed by atoms with Crippen LogP contribution >= 0.6 is 11.8 Å². The van der Waals surface area contributed by atoms with Gasteiger partial charge in [0, 0.05) is 11.8 Å². The summed E-state index contributed by atoms with van der Waals surface area (Å²) in [5, 5.41) is 3.79. The normalized spacial score (nSPS) is 27.0. The first-order valence-electron chi connectivity index (χ1n) is 7.59. The van der Waals surface area contributed by atoms with Crippen molar-refractivity contribution in [2.75, 3.05) is 18.1 Å². The van der Waals surface area contributed by atoms with Crippen molar-refractivity contribution in [2.45, 2.75) is 65.3 Å². The summed E-state index contributed by atoms with van der Waals surface area (Å²) in [4.78, 5) is 0. The summed E-state index contributed by atoms with van der Waals surface area (Å²) < 4.78 is 0. The van der Waals surface area contributed by atoms with Crippen molar-refractivity contribution in [2.24, 2.45) is 11.8 Å². The highest BCUT2D eigenvalue weighted by Gasteiger charge is 2.25. The van der Waals surface area contributed by atoms with Crippen LogP contribution in [0.3, 0.4) is 0 Å². The molecule has 2 heteroatoms. The molecule has 0 amide bonds. The SMILES string of the molecule is CCCNC(CSCCC)C1CCC(C)CC1. The van der Waals surface area contributed by atoms with Crippen LogP contribution in [-0.2, 0) is 0 Å². The Kier molecular flexibility index (Phi) is 8.38. The molecular weight excluding hydrogens is 226 g/mol. The third-order valence-electron chi connectivity index (χ3n) is 3.93. The van der Waals surface area contributed by atoms with Gasteiger partial charge in [-0.25, -0.2) is 0 Å². The average molecular weight is 257 g/mol. The lowest BCUT2D eigenvalue weighted by Crippen LogP contribution is -2.40. The highest BCUT2D eigenvalue weighted by atomic mass is 32.2. The molecule has 1 fully saturated rings. The highest BCUT2D eigenvalue weighted by Crippen LogP contribution is 2.31. The Bertz CT molecular complexity index is 176. The highest BCUT2D eigenvalue weighted by molar-refractivity contribution is 7.99. The van der Waals surface area contributed by atoms with Gasteiger partial charge in [-0.2, -0.15) is 11.8 Å². The fourth-order valence-corrected chi connectivity index (χ4v) is 3.83. The lowest BCUT2D eigenvalue weighted by molar-refractivity contribution is 0.242. The van der Waals surface area contributed by atoms with E-state index >= 15 is 0 Å². The number of thioether (sulfide) groups is 1. The zero-order chi connectivity index (χ0) is 12.5. The van der Waals surface area contributed by atoms with E-state index in [-0.39, 0.29) is 0 Å². The van der Waals surface area contributed by atoms with Gasteiger partial charge < -0.3 is 5.32 Å². The summed E-state index contributed by atoms with van der Waals surface area (Å²) >= 11 is 2.14. The van der Waals surface area contributed by atoms with Gasteiger partial charge in [-0.1, -0.05) is 33.6 Å². The zero-order valence-electron chi connectivity index (χ0n) is 12.0. The van der Waals surface area contributed by atoms with Crippen molar-refractivity contribution >= 4 is 11.8 Å². The maximum absolute atomic E-state index is 3.79. The maximum Gasteiger partial charge on any atom is 0.0186 e. The summed E-state index contributed by atoms with van der Waals surface area (Å²) in [5.41, 5.74) is 0. The first-order valence-corrected chi connectivity index (χ1v) is 8.74. The van der Waals surface area contributed by atoms with Crippen molar-refractivity contribution < 1.29 is 0 Å². The average Bonchev–Trinajstić information content (AvgIpc) is 2.35. The molecule has 0 aromatic heterocycles. The number of hydrogen-bond acceptors (Lipinski definition) is 2. The number of hydrogen-bond donors (Lipinski definition) is 1. The van der Waals surface area contributed by atoms with Crippen LogP contribution in [0.25, 0.3) is 0 Å². The minimum atomic E-state index is 0.777. The van der Waals surface area contributed by atoms with Crippen LogP contribution in [0.5, 0.6) is 0 Å².